The van der Waals surface area contributed by atoms with Gasteiger partial charge in [0, 0.05) is 0 Å². The zero-order valence-electron chi connectivity index (χ0n) is 13.7. The molecule has 1 aromatic carbocycles. The quantitative estimate of drug-likeness (QED) is 0.722. The molecule has 0 bridgehead atoms. The fraction of sp³-hybridized carbons (Fsp3) is 0.588. The van der Waals surface area contributed by atoms with E-state index in [4.69, 9.17) is 4.74 Å². The van der Waals surface area contributed by atoms with Gasteiger partial charge in [-0.3, -0.25) is 4.79 Å². The van der Waals surface area contributed by atoms with Gasteiger partial charge in [0.15, 0.2) is 0 Å². The van der Waals surface area contributed by atoms with Crippen LogP contribution < -0.4 is 10.1 Å². The first-order valence-electron chi connectivity index (χ1n) is 7.46. The molecule has 4 nitrogen and oxygen atoms in total. The van der Waals surface area contributed by atoms with Gasteiger partial charge in [-0.25, -0.2) is 0 Å². The summed E-state index contributed by atoms with van der Waals surface area (Å²) in [6.07, 6.45) is 1.22. The average molecular weight is 293 g/mol. The topological polar surface area (TPSA) is 58.6 Å². The van der Waals surface area contributed by atoms with E-state index in [2.05, 4.69) is 37.4 Å². The number of hydrogen-bond donors (Lipinski definition) is 2. The molecule has 0 aromatic heterocycles. The second kappa shape index (κ2) is 7.46. The monoisotopic (exact) mass is 293 g/mol. The summed E-state index contributed by atoms with van der Waals surface area (Å²) in [6.45, 7) is 8.54. The lowest BCUT2D eigenvalue weighted by atomic mass is 9.96. The Kier molecular flexibility index (Phi) is 6.21. The van der Waals surface area contributed by atoms with Crippen molar-refractivity contribution in [3.05, 3.63) is 29.3 Å². The molecule has 0 aliphatic rings. The maximum absolute atomic E-state index is 11.2. The van der Waals surface area contributed by atoms with Gasteiger partial charge in [0.2, 0.25) is 0 Å². The minimum Gasteiger partial charge on any atom is -0.493 e. The molecule has 0 saturated carbocycles. The van der Waals surface area contributed by atoms with E-state index >= 15 is 0 Å². The highest BCUT2D eigenvalue weighted by atomic mass is 16.5. The zero-order valence-corrected chi connectivity index (χ0v) is 13.7. The number of aryl methyl sites for hydroxylation is 1. The van der Waals surface area contributed by atoms with Crippen LogP contribution in [-0.4, -0.2) is 30.3 Å². The van der Waals surface area contributed by atoms with Crippen molar-refractivity contribution in [1.29, 1.82) is 0 Å². The van der Waals surface area contributed by atoms with E-state index in [1.807, 2.05) is 6.92 Å². The normalized spacial score (nSPS) is 14.0. The molecular formula is C17H27NO3. The molecule has 1 rings (SSSR count). The van der Waals surface area contributed by atoms with Crippen LogP contribution >= 0.6 is 0 Å². The molecule has 0 amide bonds. The van der Waals surface area contributed by atoms with Gasteiger partial charge in [-0.2, -0.15) is 0 Å². The van der Waals surface area contributed by atoms with Crippen molar-refractivity contribution in [3.8, 4) is 5.75 Å². The number of carboxylic acids is 1. The standard InChI is InChI=1S/C17H27NO3/c1-12(2)14-8-7-13(3)15(11-14)21-10-6-9-17(4,18-5)16(19)20/h7-8,11-12,18H,6,9-10H2,1-5H3,(H,19,20). The zero-order chi connectivity index (χ0) is 16.0. The van der Waals surface area contributed by atoms with Crippen LogP contribution in [0, 0.1) is 6.92 Å². The lowest BCUT2D eigenvalue weighted by Crippen LogP contribution is -2.47. The minimum absolute atomic E-state index is 0.465. The molecular weight excluding hydrogens is 266 g/mol. The summed E-state index contributed by atoms with van der Waals surface area (Å²) in [5.74, 6) is 0.526. The summed E-state index contributed by atoms with van der Waals surface area (Å²) < 4.78 is 5.83. The van der Waals surface area contributed by atoms with Gasteiger partial charge < -0.3 is 15.2 Å². The molecule has 1 unspecified atom stereocenters. The van der Waals surface area contributed by atoms with Crippen LogP contribution in [0.4, 0.5) is 0 Å². The molecule has 0 aliphatic heterocycles. The number of carbonyl (C=O) groups is 1. The van der Waals surface area contributed by atoms with Crippen molar-refractivity contribution in [2.24, 2.45) is 0 Å². The van der Waals surface area contributed by atoms with Crippen molar-refractivity contribution >= 4 is 5.97 Å². The van der Waals surface area contributed by atoms with Crippen LogP contribution in [0.15, 0.2) is 18.2 Å². The lowest BCUT2D eigenvalue weighted by molar-refractivity contribution is -0.144. The van der Waals surface area contributed by atoms with Crippen LogP contribution in [0.1, 0.15) is 50.7 Å². The fourth-order valence-corrected chi connectivity index (χ4v) is 2.08. The molecule has 1 aromatic rings. The maximum atomic E-state index is 11.2. The Morgan fingerprint density at radius 1 is 1.43 bits per heavy atom. The smallest absolute Gasteiger partial charge is 0.323 e. The van der Waals surface area contributed by atoms with E-state index in [1.165, 1.54) is 5.56 Å². The molecule has 2 N–H and O–H groups in total. The minimum atomic E-state index is -0.891. The Morgan fingerprint density at radius 3 is 2.62 bits per heavy atom. The summed E-state index contributed by atoms with van der Waals surface area (Å²) in [5, 5.41) is 12.0. The van der Waals surface area contributed by atoms with Crippen molar-refractivity contribution in [1.82, 2.24) is 5.32 Å². The summed E-state index contributed by atoms with van der Waals surface area (Å²) in [5.41, 5.74) is 1.47. The molecule has 0 aliphatic carbocycles. The van der Waals surface area contributed by atoms with Gasteiger partial charge >= 0.3 is 5.97 Å². The predicted octanol–water partition coefficient (Wildman–Crippen LogP) is 3.34. The third kappa shape index (κ3) is 4.74. The van der Waals surface area contributed by atoms with E-state index in [0.29, 0.717) is 25.4 Å². The van der Waals surface area contributed by atoms with E-state index in [-0.39, 0.29) is 0 Å². The molecule has 0 heterocycles. The molecule has 4 heteroatoms. The Hall–Kier alpha value is -1.55. The molecule has 0 saturated heterocycles. The molecule has 0 spiro atoms. The molecule has 0 fully saturated rings. The Morgan fingerprint density at radius 2 is 2.10 bits per heavy atom. The first-order chi connectivity index (χ1) is 9.80. The van der Waals surface area contributed by atoms with E-state index in [9.17, 15) is 9.90 Å². The largest absolute Gasteiger partial charge is 0.493 e. The van der Waals surface area contributed by atoms with Gasteiger partial charge in [0.1, 0.15) is 11.3 Å². The third-order valence-corrected chi connectivity index (χ3v) is 3.98. The average Bonchev–Trinajstić information content (AvgIpc) is 2.44. The summed E-state index contributed by atoms with van der Waals surface area (Å²) in [6, 6.07) is 6.27. The van der Waals surface area contributed by atoms with Crippen molar-refractivity contribution in [2.75, 3.05) is 13.7 Å². The highest BCUT2D eigenvalue weighted by molar-refractivity contribution is 5.78. The number of ether oxygens (including phenoxy) is 1. The van der Waals surface area contributed by atoms with Gasteiger partial charge in [-0.15, -0.1) is 0 Å². The Balaban J connectivity index is 2.57. The highest BCUT2D eigenvalue weighted by Crippen LogP contribution is 2.24. The molecule has 118 valence electrons. The number of carboxylic acid groups (broad SMARTS) is 1. The number of likely N-dealkylation sites (N-methyl/N-ethyl adjacent to an activating group) is 1. The maximum Gasteiger partial charge on any atom is 0.323 e. The summed E-state index contributed by atoms with van der Waals surface area (Å²) in [4.78, 5) is 11.2. The summed E-state index contributed by atoms with van der Waals surface area (Å²) >= 11 is 0. The fourth-order valence-electron chi connectivity index (χ4n) is 2.08. The van der Waals surface area contributed by atoms with Gasteiger partial charge in [0.05, 0.1) is 6.61 Å². The molecule has 0 radical (unpaired) electrons. The number of nitrogens with one attached hydrogen (secondary N) is 1. The van der Waals surface area contributed by atoms with Crippen LogP contribution in [0.2, 0.25) is 0 Å². The molecule has 1 atom stereocenters. The first kappa shape index (κ1) is 17.5. The van der Waals surface area contributed by atoms with Gasteiger partial charge in [0.25, 0.3) is 0 Å². The third-order valence-electron chi connectivity index (χ3n) is 3.98. The van der Waals surface area contributed by atoms with Gasteiger partial charge in [-0.1, -0.05) is 26.0 Å². The van der Waals surface area contributed by atoms with Crippen LogP contribution in [0.3, 0.4) is 0 Å². The Labute approximate surface area is 127 Å². The van der Waals surface area contributed by atoms with Crippen LogP contribution in [0.5, 0.6) is 5.75 Å². The van der Waals surface area contributed by atoms with Crippen LogP contribution in [-0.2, 0) is 4.79 Å². The number of aliphatic carboxylic acids is 1. The predicted molar refractivity (Wildman–Crippen MR) is 85.1 cm³/mol. The SMILES string of the molecule is CNC(C)(CCCOc1cc(C(C)C)ccc1C)C(=O)O. The van der Waals surface area contributed by atoms with Crippen LogP contribution in [0.25, 0.3) is 0 Å². The number of benzene rings is 1. The van der Waals surface area contributed by atoms with E-state index in [1.54, 1.807) is 14.0 Å². The number of hydrogen-bond acceptors (Lipinski definition) is 3. The van der Waals surface area contributed by atoms with E-state index in [0.717, 1.165) is 11.3 Å². The lowest BCUT2D eigenvalue weighted by Gasteiger charge is -2.24. The number of rotatable bonds is 8. The highest BCUT2D eigenvalue weighted by Gasteiger charge is 2.30. The van der Waals surface area contributed by atoms with Crippen molar-refractivity contribution < 1.29 is 14.6 Å². The molecule has 21 heavy (non-hydrogen) atoms. The first-order valence-corrected chi connectivity index (χ1v) is 7.46. The van der Waals surface area contributed by atoms with Crippen molar-refractivity contribution in [2.45, 2.75) is 52.0 Å². The van der Waals surface area contributed by atoms with Crippen molar-refractivity contribution in [3.63, 3.8) is 0 Å². The second-order valence-corrected chi connectivity index (χ2v) is 6.02. The van der Waals surface area contributed by atoms with E-state index < -0.39 is 11.5 Å². The van der Waals surface area contributed by atoms with Gasteiger partial charge in [-0.05, 0) is 56.8 Å². The second-order valence-electron chi connectivity index (χ2n) is 6.02. The Bertz CT molecular complexity index is 485. The summed E-state index contributed by atoms with van der Waals surface area (Å²) in [7, 11) is 1.67.